The van der Waals surface area contributed by atoms with Crippen LogP contribution in [0, 0.1) is 0 Å². The van der Waals surface area contributed by atoms with Crippen molar-refractivity contribution >= 4 is 5.82 Å². The van der Waals surface area contributed by atoms with Crippen LogP contribution in [0.25, 0.3) is 0 Å². The molecule has 78 valence electrons. The molecule has 0 saturated heterocycles. The van der Waals surface area contributed by atoms with Gasteiger partial charge in [-0.3, -0.25) is 4.79 Å². The van der Waals surface area contributed by atoms with Crippen molar-refractivity contribution in [2.24, 2.45) is 0 Å². The lowest BCUT2D eigenvalue weighted by Crippen LogP contribution is -2.27. The first-order valence-electron chi connectivity index (χ1n) is 3.84. The molecule has 1 rings (SSSR count). The summed E-state index contributed by atoms with van der Waals surface area (Å²) in [5, 5.41) is 11.1. The van der Waals surface area contributed by atoms with E-state index >= 15 is 0 Å². The van der Waals surface area contributed by atoms with Crippen LogP contribution < -0.4 is 10.9 Å². The van der Waals surface area contributed by atoms with Crippen molar-refractivity contribution in [1.29, 1.82) is 0 Å². The monoisotopic (exact) mass is 205 g/mol. The Morgan fingerprint density at radius 1 is 1.64 bits per heavy atom. The molecule has 1 atom stereocenters. The Hall–Kier alpha value is -1.50. The third kappa shape index (κ3) is 3.09. The van der Waals surface area contributed by atoms with Gasteiger partial charge in [0, 0.05) is 12.6 Å². The molecule has 0 fully saturated rings. The molecule has 0 aliphatic carbocycles. The SMILES string of the molecule is O=c1cc(NCC(O)C(F)F)nc[nH]1. The van der Waals surface area contributed by atoms with E-state index in [0.717, 1.165) is 12.4 Å². The molecule has 1 aromatic heterocycles. The number of rotatable bonds is 4. The summed E-state index contributed by atoms with van der Waals surface area (Å²) in [6.45, 7) is -0.353. The largest absolute Gasteiger partial charge is 0.385 e. The predicted molar refractivity (Wildman–Crippen MR) is 45.4 cm³/mol. The molecular formula is C7H9F2N3O2. The Kier molecular flexibility index (Phi) is 3.52. The van der Waals surface area contributed by atoms with Gasteiger partial charge in [-0.25, -0.2) is 13.8 Å². The molecule has 7 heteroatoms. The first-order chi connectivity index (χ1) is 6.59. The van der Waals surface area contributed by atoms with Crippen molar-refractivity contribution < 1.29 is 13.9 Å². The van der Waals surface area contributed by atoms with Gasteiger partial charge in [-0.2, -0.15) is 0 Å². The summed E-state index contributed by atoms with van der Waals surface area (Å²) in [5.41, 5.74) is -0.394. The number of aliphatic hydroxyl groups is 1. The molecule has 1 unspecified atom stereocenters. The molecule has 3 N–H and O–H groups in total. The second-order valence-electron chi connectivity index (χ2n) is 2.58. The number of aliphatic hydroxyl groups excluding tert-OH is 1. The summed E-state index contributed by atoms with van der Waals surface area (Å²) in [5.74, 6) is 0.147. The number of halogens is 2. The van der Waals surface area contributed by atoms with E-state index in [2.05, 4.69) is 15.3 Å². The second-order valence-corrected chi connectivity index (χ2v) is 2.58. The van der Waals surface area contributed by atoms with Gasteiger partial charge >= 0.3 is 0 Å². The first-order valence-corrected chi connectivity index (χ1v) is 3.84. The van der Waals surface area contributed by atoms with Gasteiger partial charge in [0.25, 0.3) is 12.0 Å². The van der Waals surface area contributed by atoms with Crippen molar-refractivity contribution in [3.8, 4) is 0 Å². The van der Waals surface area contributed by atoms with E-state index in [1.807, 2.05) is 0 Å². The number of anilines is 1. The topological polar surface area (TPSA) is 78.0 Å². The molecule has 0 aliphatic rings. The minimum Gasteiger partial charge on any atom is -0.385 e. The lowest BCUT2D eigenvalue weighted by atomic mass is 10.3. The number of hydrogen-bond acceptors (Lipinski definition) is 4. The maximum atomic E-state index is 11.8. The van der Waals surface area contributed by atoms with E-state index in [9.17, 15) is 13.6 Å². The fraction of sp³-hybridized carbons (Fsp3) is 0.429. The van der Waals surface area contributed by atoms with Crippen LogP contribution >= 0.6 is 0 Å². The van der Waals surface area contributed by atoms with Gasteiger partial charge in [0.2, 0.25) is 0 Å². The molecule has 0 aromatic carbocycles. The standard InChI is InChI=1S/C7H9F2N3O2/c8-7(9)4(13)2-10-5-1-6(14)12-3-11-5/h1,3-4,7,13H,2H2,(H2,10,11,12,14). The number of alkyl halides is 2. The van der Waals surface area contributed by atoms with Gasteiger partial charge < -0.3 is 15.4 Å². The number of aromatic amines is 1. The van der Waals surface area contributed by atoms with E-state index in [0.29, 0.717) is 0 Å². The quantitative estimate of drug-likeness (QED) is 0.636. The zero-order chi connectivity index (χ0) is 10.6. The van der Waals surface area contributed by atoms with Crippen LogP contribution in [-0.2, 0) is 0 Å². The molecule has 0 amide bonds. The van der Waals surface area contributed by atoms with Crippen molar-refractivity contribution in [1.82, 2.24) is 9.97 Å². The molecule has 5 nitrogen and oxygen atoms in total. The third-order valence-electron chi connectivity index (χ3n) is 1.46. The van der Waals surface area contributed by atoms with E-state index in [-0.39, 0.29) is 12.4 Å². The summed E-state index contributed by atoms with van der Waals surface area (Å²) in [4.78, 5) is 16.6. The molecule has 1 aromatic rings. The zero-order valence-corrected chi connectivity index (χ0v) is 7.08. The van der Waals surface area contributed by atoms with E-state index in [1.165, 1.54) is 0 Å². The number of aromatic nitrogens is 2. The first kappa shape index (κ1) is 10.6. The van der Waals surface area contributed by atoms with Crippen molar-refractivity contribution in [2.45, 2.75) is 12.5 Å². The lowest BCUT2D eigenvalue weighted by molar-refractivity contribution is 0.00380. The highest BCUT2D eigenvalue weighted by molar-refractivity contribution is 5.31. The highest BCUT2D eigenvalue weighted by Crippen LogP contribution is 2.02. The number of nitrogens with zero attached hydrogens (tertiary/aromatic N) is 1. The predicted octanol–water partition coefficient (Wildman–Crippen LogP) is -0.192. The summed E-state index contributed by atoms with van der Waals surface area (Å²) < 4.78 is 23.7. The third-order valence-corrected chi connectivity index (χ3v) is 1.46. The van der Waals surface area contributed by atoms with Gasteiger partial charge in [-0.15, -0.1) is 0 Å². The Labute approximate surface area is 77.8 Å². The Balaban J connectivity index is 2.50. The van der Waals surface area contributed by atoms with E-state index in [4.69, 9.17) is 5.11 Å². The summed E-state index contributed by atoms with van der Waals surface area (Å²) >= 11 is 0. The highest BCUT2D eigenvalue weighted by Gasteiger charge is 2.16. The summed E-state index contributed by atoms with van der Waals surface area (Å²) in [6, 6.07) is 1.11. The van der Waals surface area contributed by atoms with Crippen LogP contribution in [0.4, 0.5) is 14.6 Å². The molecule has 0 saturated carbocycles. The van der Waals surface area contributed by atoms with Gasteiger partial charge in [0.15, 0.2) is 0 Å². The lowest BCUT2D eigenvalue weighted by Gasteiger charge is -2.10. The average Bonchev–Trinajstić information content (AvgIpc) is 2.14. The molecule has 0 bridgehead atoms. The second kappa shape index (κ2) is 4.66. The van der Waals surface area contributed by atoms with Gasteiger partial charge in [-0.05, 0) is 0 Å². The summed E-state index contributed by atoms with van der Waals surface area (Å²) in [7, 11) is 0. The van der Waals surface area contributed by atoms with Crippen molar-refractivity contribution in [3.63, 3.8) is 0 Å². The average molecular weight is 205 g/mol. The molecule has 14 heavy (non-hydrogen) atoms. The Bertz CT molecular complexity index is 342. The number of H-pyrrole nitrogens is 1. The summed E-state index contributed by atoms with van der Waals surface area (Å²) in [6.07, 6.45) is -3.44. The number of hydrogen-bond donors (Lipinski definition) is 3. The zero-order valence-electron chi connectivity index (χ0n) is 7.08. The van der Waals surface area contributed by atoms with E-state index in [1.54, 1.807) is 0 Å². The molecule has 0 radical (unpaired) electrons. The normalized spacial score (nSPS) is 12.9. The number of nitrogens with one attached hydrogen (secondary N) is 2. The van der Waals surface area contributed by atoms with Gasteiger partial charge in [0.1, 0.15) is 11.9 Å². The van der Waals surface area contributed by atoms with Crippen LogP contribution in [0.2, 0.25) is 0 Å². The Morgan fingerprint density at radius 3 is 2.93 bits per heavy atom. The van der Waals surface area contributed by atoms with Crippen molar-refractivity contribution in [3.05, 3.63) is 22.7 Å². The molecule has 0 spiro atoms. The maximum absolute atomic E-state index is 11.8. The van der Waals surface area contributed by atoms with Crippen LogP contribution in [0.15, 0.2) is 17.2 Å². The van der Waals surface area contributed by atoms with Crippen LogP contribution in [0.1, 0.15) is 0 Å². The van der Waals surface area contributed by atoms with Crippen LogP contribution in [-0.4, -0.2) is 34.1 Å². The smallest absolute Gasteiger partial charge is 0.265 e. The Morgan fingerprint density at radius 2 is 2.36 bits per heavy atom. The molecule has 0 aliphatic heterocycles. The molecular weight excluding hydrogens is 196 g/mol. The van der Waals surface area contributed by atoms with Crippen molar-refractivity contribution in [2.75, 3.05) is 11.9 Å². The van der Waals surface area contributed by atoms with Crippen LogP contribution in [0.3, 0.4) is 0 Å². The fourth-order valence-electron chi connectivity index (χ4n) is 0.763. The van der Waals surface area contributed by atoms with Gasteiger partial charge in [0.05, 0.1) is 6.33 Å². The maximum Gasteiger partial charge on any atom is 0.265 e. The molecule has 1 heterocycles. The van der Waals surface area contributed by atoms with Gasteiger partial charge in [-0.1, -0.05) is 0 Å². The van der Waals surface area contributed by atoms with E-state index < -0.39 is 18.1 Å². The minimum absolute atomic E-state index is 0.147. The van der Waals surface area contributed by atoms with Crippen LogP contribution in [0.5, 0.6) is 0 Å². The fourth-order valence-corrected chi connectivity index (χ4v) is 0.763. The minimum atomic E-state index is -2.82. The highest BCUT2D eigenvalue weighted by atomic mass is 19.3.